The van der Waals surface area contributed by atoms with Crippen LogP contribution in [0.1, 0.15) is 12.0 Å². The van der Waals surface area contributed by atoms with Crippen LogP contribution in [0.15, 0.2) is 60.7 Å². The van der Waals surface area contributed by atoms with Gasteiger partial charge in [-0.25, -0.2) is 13.6 Å². The molecule has 3 amide bonds. The smallest absolute Gasteiger partial charge is 0.319 e. The second kappa shape index (κ2) is 10.6. The number of hydrogen-bond acceptors (Lipinski definition) is 4. The highest BCUT2D eigenvalue weighted by Gasteiger charge is 2.29. The van der Waals surface area contributed by atoms with Crippen molar-refractivity contribution in [2.45, 2.75) is 31.2 Å². The fourth-order valence-corrected chi connectivity index (χ4v) is 3.07. The second-order valence-corrected chi connectivity index (χ2v) is 6.99. The van der Waals surface area contributed by atoms with E-state index >= 15 is 0 Å². The van der Waals surface area contributed by atoms with Crippen LogP contribution in [0.5, 0.6) is 0 Å². The predicted molar refractivity (Wildman–Crippen MR) is 110 cm³/mol. The summed E-state index contributed by atoms with van der Waals surface area (Å²) in [5.41, 5.74) is 0.783. The Hall–Kier alpha value is -3.30. The van der Waals surface area contributed by atoms with E-state index in [1.165, 1.54) is 30.3 Å². The largest absolute Gasteiger partial charge is 0.394 e. The van der Waals surface area contributed by atoms with Crippen molar-refractivity contribution in [2.24, 2.45) is 0 Å². The van der Waals surface area contributed by atoms with Crippen molar-refractivity contribution in [3.63, 3.8) is 0 Å². The van der Waals surface area contributed by atoms with Crippen LogP contribution >= 0.6 is 0 Å². The van der Waals surface area contributed by atoms with Gasteiger partial charge in [0, 0.05) is 6.54 Å². The lowest BCUT2D eigenvalue weighted by Crippen LogP contribution is -2.50. The normalized spacial score (nSPS) is 20.2. The van der Waals surface area contributed by atoms with Gasteiger partial charge < -0.3 is 25.8 Å². The van der Waals surface area contributed by atoms with E-state index in [9.17, 15) is 23.5 Å². The van der Waals surface area contributed by atoms with E-state index in [0.717, 1.165) is 5.56 Å². The number of aliphatic hydroxyl groups excluding tert-OH is 1. The maximum Gasteiger partial charge on any atom is 0.319 e. The zero-order valence-electron chi connectivity index (χ0n) is 16.6. The van der Waals surface area contributed by atoms with E-state index < -0.39 is 30.1 Å². The van der Waals surface area contributed by atoms with Crippen molar-refractivity contribution in [1.82, 2.24) is 10.6 Å². The molecule has 2 aromatic carbocycles. The third-order valence-corrected chi connectivity index (χ3v) is 4.67. The lowest BCUT2D eigenvalue weighted by atomic mass is 10.0. The molecule has 4 N–H and O–H groups in total. The van der Waals surface area contributed by atoms with Crippen molar-refractivity contribution in [1.29, 1.82) is 0 Å². The van der Waals surface area contributed by atoms with Gasteiger partial charge >= 0.3 is 6.03 Å². The molecule has 0 aliphatic carbocycles. The molecule has 7 nitrogen and oxygen atoms in total. The number of benzene rings is 2. The van der Waals surface area contributed by atoms with Gasteiger partial charge in [-0.2, -0.15) is 0 Å². The number of urea groups is 1. The number of anilines is 1. The van der Waals surface area contributed by atoms with Crippen molar-refractivity contribution < 1.29 is 28.2 Å². The zero-order chi connectivity index (χ0) is 22.2. The number of amides is 3. The standard InChI is InChI=1S/C22H23F2N3O4/c23-15-7-5-14(6-8-15)12-25-21(29)11-16-9-10-19(20(13-28)31-16)27-22(30)26-18-4-2-1-3-17(18)24/h1-10,16,19-20,28H,11-13H2,(H,25,29)(H2,26,27,30)/t16-,19+,20-/m1/s1. The number of carbonyl (C=O) groups excluding carboxylic acids is 2. The molecule has 1 aliphatic rings. The summed E-state index contributed by atoms with van der Waals surface area (Å²) >= 11 is 0. The molecule has 1 aliphatic heterocycles. The van der Waals surface area contributed by atoms with Crippen molar-refractivity contribution >= 4 is 17.6 Å². The third kappa shape index (κ3) is 6.59. The van der Waals surface area contributed by atoms with Crippen LogP contribution in [0, 0.1) is 11.6 Å². The predicted octanol–water partition coefficient (Wildman–Crippen LogP) is 2.48. The highest BCUT2D eigenvalue weighted by molar-refractivity contribution is 5.89. The number of hydrogen-bond donors (Lipinski definition) is 4. The van der Waals surface area contributed by atoms with Gasteiger partial charge in [0.05, 0.1) is 30.9 Å². The minimum atomic E-state index is -0.772. The van der Waals surface area contributed by atoms with Crippen LogP contribution in [-0.4, -0.2) is 41.9 Å². The Labute approximate surface area is 178 Å². The number of carbonyl (C=O) groups is 2. The fourth-order valence-electron chi connectivity index (χ4n) is 3.07. The molecular weight excluding hydrogens is 408 g/mol. The first-order chi connectivity index (χ1) is 14.9. The van der Waals surface area contributed by atoms with Gasteiger partial charge in [0.25, 0.3) is 0 Å². The first-order valence-corrected chi connectivity index (χ1v) is 9.72. The molecule has 0 fully saturated rings. The van der Waals surface area contributed by atoms with Crippen LogP contribution in [0.25, 0.3) is 0 Å². The number of para-hydroxylation sites is 1. The van der Waals surface area contributed by atoms with Crippen LogP contribution in [0.4, 0.5) is 19.3 Å². The Kier molecular flexibility index (Phi) is 7.69. The molecule has 31 heavy (non-hydrogen) atoms. The van der Waals surface area contributed by atoms with E-state index in [1.807, 2.05) is 0 Å². The maximum atomic E-state index is 13.7. The summed E-state index contributed by atoms with van der Waals surface area (Å²) in [6, 6.07) is 10.2. The summed E-state index contributed by atoms with van der Waals surface area (Å²) in [7, 11) is 0. The molecule has 3 rings (SSSR count). The van der Waals surface area contributed by atoms with E-state index in [2.05, 4.69) is 16.0 Å². The first-order valence-electron chi connectivity index (χ1n) is 9.72. The second-order valence-electron chi connectivity index (χ2n) is 6.99. The summed E-state index contributed by atoms with van der Waals surface area (Å²) in [6.07, 6.45) is 1.91. The van der Waals surface area contributed by atoms with Crippen molar-refractivity contribution in [3.8, 4) is 0 Å². The molecule has 1 heterocycles. The molecule has 0 bridgehead atoms. The van der Waals surface area contributed by atoms with Gasteiger partial charge in [-0.1, -0.05) is 36.4 Å². The molecule has 164 valence electrons. The Morgan fingerprint density at radius 3 is 2.48 bits per heavy atom. The van der Waals surface area contributed by atoms with Gasteiger partial charge in [0.2, 0.25) is 5.91 Å². The first kappa shape index (κ1) is 22.4. The van der Waals surface area contributed by atoms with Gasteiger partial charge in [0.1, 0.15) is 17.7 Å². The quantitative estimate of drug-likeness (QED) is 0.506. The number of ether oxygens (including phenoxy) is 1. The SMILES string of the molecule is O=C(C[C@H]1C=C[C@H](NC(=O)Nc2ccccc2F)[C@@H](CO)O1)NCc1ccc(F)cc1. The highest BCUT2D eigenvalue weighted by Crippen LogP contribution is 2.17. The molecule has 2 aromatic rings. The molecule has 0 spiro atoms. The highest BCUT2D eigenvalue weighted by atomic mass is 19.1. The minimum absolute atomic E-state index is 0.0162. The van der Waals surface area contributed by atoms with E-state index in [-0.39, 0.29) is 37.0 Å². The summed E-state index contributed by atoms with van der Waals surface area (Å²) in [5, 5.41) is 17.3. The molecule has 0 saturated carbocycles. The number of halogens is 2. The van der Waals surface area contributed by atoms with E-state index in [1.54, 1.807) is 30.4 Å². The number of nitrogens with one attached hydrogen (secondary N) is 3. The topological polar surface area (TPSA) is 99.7 Å². The molecule has 0 unspecified atom stereocenters. The number of rotatable bonds is 7. The van der Waals surface area contributed by atoms with E-state index in [0.29, 0.717) is 0 Å². The van der Waals surface area contributed by atoms with Gasteiger partial charge in [0.15, 0.2) is 0 Å². The summed E-state index contributed by atoms with van der Waals surface area (Å²) in [5.74, 6) is -1.20. The Balaban J connectivity index is 1.49. The monoisotopic (exact) mass is 431 g/mol. The average Bonchev–Trinajstić information content (AvgIpc) is 2.76. The Morgan fingerprint density at radius 2 is 1.77 bits per heavy atom. The molecule has 3 atom stereocenters. The summed E-state index contributed by atoms with van der Waals surface area (Å²) < 4.78 is 32.3. The maximum absolute atomic E-state index is 13.7. The molecule has 0 saturated heterocycles. The van der Waals surface area contributed by atoms with Crippen LogP contribution in [0.2, 0.25) is 0 Å². The minimum Gasteiger partial charge on any atom is -0.394 e. The molecule has 0 aromatic heterocycles. The fraction of sp³-hybridized carbons (Fsp3) is 0.273. The van der Waals surface area contributed by atoms with Crippen LogP contribution in [-0.2, 0) is 16.1 Å². The molecule has 0 radical (unpaired) electrons. The van der Waals surface area contributed by atoms with E-state index in [4.69, 9.17) is 4.74 Å². The van der Waals surface area contributed by atoms with Crippen LogP contribution < -0.4 is 16.0 Å². The van der Waals surface area contributed by atoms with Crippen LogP contribution in [0.3, 0.4) is 0 Å². The molecular formula is C22H23F2N3O4. The zero-order valence-corrected chi connectivity index (χ0v) is 16.6. The Bertz CT molecular complexity index is 937. The Morgan fingerprint density at radius 1 is 1.03 bits per heavy atom. The number of aliphatic hydroxyl groups is 1. The van der Waals surface area contributed by atoms with Gasteiger partial charge in [-0.3, -0.25) is 4.79 Å². The summed E-state index contributed by atoms with van der Waals surface area (Å²) in [6.45, 7) is -0.137. The lowest BCUT2D eigenvalue weighted by Gasteiger charge is -2.31. The van der Waals surface area contributed by atoms with Crippen molar-refractivity contribution in [2.75, 3.05) is 11.9 Å². The summed E-state index contributed by atoms with van der Waals surface area (Å²) in [4.78, 5) is 24.3. The van der Waals surface area contributed by atoms with Gasteiger partial charge in [-0.05, 0) is 29.8 Å². The van der Waals surface area contributed by atoms with Crippen molar-refractivity contribution in [3.05, 3.63) is 77.9 Å². The lowest BCUT2D eigenvalue weighted by molar-refractivity contribution is -0.125. The molecule has 9 heteroatoms. The average molecular weight is 431 g/mol. The van der Waals surface area contributed by atoms with Gasteiger partial charge in [-0.15, -0.1) is 0 Å². The third-order valence-electron chi connectivity index (χ3n) is 4.67.